The fraction of sp³-hybridized carbons (Fsp3) is 0.308. The van der Waals surface area contributed by atoms with Crippen LogP contribution in [0, 0.1) is 0 Å². The molecule has 2 N–H and O–H groups in total. The summed E-state index contributed by atoms with van der Waals surface area (Å²) in [7, 11) is 1.59. The lowest BCUT2D eigenvalue weighted by Gasteiger charge is -2.07. The average Bonchev–Trinajstić information content (AvgIpc) is 2.72. The lowest BCUT2D eigenvalue weighted by atomic mass is 10.2. The molecular formula is C13H15NO4. The van der Waals surface area contributed by atoms with E-state index < -0.39 is 5.97 Å². The summed E-state index contributed by atoms with van der Waals surface area (Å²) in [6, 6.07) is 7.40. The Morgan fingerprint density at radius 1 is 1.39 bits per heavy atom. The van der Waals surface area contributed by atoms with Gasteiger partial charge < -0.3 is 19.5 Å². The zero-order valence-corrected chi connectivity index (χ0v) is 10.1. The molecule has 5 heteroatoms. The number of aliphatic hydroxyl groups is 1. The highest BCUT2D eigenvalue weighted by atomic mass is 16.5. The Kier molecular flexibility index (Phi) is 3.53. The van der Waals surface area contributed by atoms with E-state index in [4.69, 9.17) is 9.84 Å². The number of hydrogen-bond donors (Lipinski definition) is 2. The van der Waals surface area contributed by atoms with Crippen LogP contribution in [0.5, 0.6) is 5.75 Å². The van der Waals surface area contributed by atoms with E-state index in [1.54, 1.807) is 7.11 Å². The molecule has 0 radical (unpaired) electrons. The molecule has 0 atom stereocenters. The number of carboxylic acids is 1. The van der Waals surface area contributed by atoms with Gasteiger partial charge in [-0.1, -0.05) is 0 Å². The number of nitrogens with zero attached hydrogens (tertiary/aromatic N) is 1. The van der Waals surface area contributed by atoms with Crippen LogP contribution < -0.4 is 4.74 Å². The monoisotopic (exact) mass is 249 g/mol. The maximum Gasteiger partial charge on any atom is 0.305 e. The van der Waals surface area contributed by atoms with E-state index in [0.717, 1.165) is 16.7 Å². The van der Waals surface area contributed by atoms with E-state index >= 15 is 0 Å². The topological polar surface area (TPSA) is 71.7 Å². The van der Waals surface area contributed by atoms with Gasteiger partial charge in [-0.15, -0.1) is 0 Å². The number of aliphatic hydroxyl groups excluding tert-OH is 1. The van der Waals surface area contributed by atoms with Crippen molar-refractivity contribution in [2.24, 2.45) is 0 Å². The molecule has 0 aliphatic rings. The number of carbonyl (C=O) groups is 1. The van der Waals surface area contributed by atoms with Crippen LogP contribution in [-0.4, -0.2) is 27.9 Å². The zero-order chi connectivity index (χ0) is 13.1. The number of ether oxygens (including phenoxy) is 1. The molecule has 2 aromatic rings. The Labute approximate surface area is 104 Å². The van der Waals surface area contributed by atoms with Gasteiger partial charge in [0.1, 0.15) is 5.75 Å². The van der Waals surface area contributed by atoms with Crippen molar-refractivity contribution in [1.29, 1.82) is 0 Å². The summed E-state index contributed by atoms with van der Waals surface area (Å²) in [4.78, 5) is 10.6. The van der Waals surface area contributed by atoms with E-state index in [9.17, 15) is 9.90 Å². The number of benzene rings is 1. The predicted molar refractivity (Wildman–Crippen MR) is 66.7 cm³/mol. The third kappa shape index (κ3) is 2.31. The molecule has 0 bridgehead atoms. The molecule has 0 aliphatic heterocycles. The number of aryl methyl sites for hydroxylation is 1. The van der Waals surface area contributed by atoms with Gasteiger partial charge in [0.05, 0.1) is 20.1 Å². The highest BCUT2D eigenvalue weighted by Gasteiger charge is 2.10. The van der Waals surface area contributed by atoms with E-state index in [0.29, 0.717) is 12.2 Å². The number of hydrogen-bond acceptors (Lipinski definition) is 3. The normalized spacial score (nSPS) is 10.8. The Morgan fingerprint density at radius 3 is 2.78 bits per heavy atom. The molecule has 18 heavy (non-hydrogen) atoms. The van der Waals surface area contributed by atoms with Crippen LogP contribution in [0.3, 0.4) is 0 Å². The molecule has 0 amide bonds. The second-order valence-corrected chi connectivity index (χ2v) is 4.01. The summed E-state index contributed by atoms with van der Waals surface area (Å²) < 4.78 is 6.96. The van der Waals surface area contributed by atoms with Crippen molar-refractivity contribution in [2.75, 3.05) is 7.11 Å². The first-order valence-corrected chi connectivity index (χ1v) is 5.64. The molecule has 1 heterocycles. The fourth-order valence-electron chi connectivity index (χ4n) is 2.04. The first-order chi connectivity index (χ1) is 8.65. The van der Waals surface area contributed by atoms with E-state index in [1.165, 1.54) is 0 Å². The minimum absolute atomic E-state index is 0.0306. The summed E-state index contributed by atoms with van der Waals surface area (Å²) in [5, 5.41) is 19.0. The highest BCUT2D eigenvalue weighted by molar-refractivity contribution is 5.83. The third-order valence-electron chi connectivity index (χ3n) is 2.91. The van der Waals surface area contributed by atoms with E-state index in [1.807, 2.05) is 28.8 Å². The number of aromatic nitrogens is 1. The molecule has 1 aromatic heterocycles. The lowest BCUT2D eigenvalue weighted by molar-refractivity contribution is -0.137. The smallest absolute Gasteiger partial charge is 0.305 e. The zero-order valence-electron chi connectivity index (χ0n) is 10.1. The summed E-state index contributed by atoms with van der Waals surface area (Å²) in [6.07, 6.45) is 0.0306. The molecule has 0 spiro atoms. The van der Waals surface area contributed by atoms with Gasteiger partial charge in [0.2, 0.25) is 0 Å². The van der Waals surface area contributed by atoms with Crippen molar-refractivity contribution in [3.05, 3.63) is 30.0 Å². The van der Waals surface area contributed by atoms with Crippen LogP contribution in [-0.2, 0) is 17.9 Å². The van der Waals surface area contributed by atoms with E-state index in [2.05, 4.69) is 0 Å². The third-order valence-corrected chi connectivity index (χ3v) is 2.91. The van der Waals surface area contributed by atoms with Crippen molar-refractivity contribution < 1.29 is 19.7 Å². The quantitative estimate of drug-likeness (QED) is 0.844. The summed E-state index contributed by atoms with van der Waals surface area (Å²) in [6.45, 7) is 0.234. The van der Waals surface area contributed by atoms with Crippen LogP contribution in [0.25, 0.3) is 10.9 Å². The fourth-order valence-corrected chi connectivity index (χ4v) is 2.04. The molecule has 0 unspecified atom stereocenters. The number of fused-ring (bicyclic) bond motifs is 1. The van der Waals surface area contributed by atoms with Gasteiger partial charge in [-0.3, -0.25) is 4.79 Å². The van der Waals surface area contributed by atoms with Crippen LogP contribution >= 0.6 is 0 Å². The number of carboxylic acid groups (broad SMARTS) is 1. The lowest BCUT2D eigenvalue weighted by Crippen LogP contribution is -2.07. The van der Waals surface area contributed by atoms with Gasteiger partial charge >= 0.3 is 5.97 Å². The molecule has 0 fully saturated rings. The summed E-state index contributed by atoms with van der Waals surface area (Å²) in [5.74, 6) is -0.114. The van der Waals surface area contributed by atoms with E-state index in [-0.39, 0.29) is 13.0 Å². The van der Waals surface area contributed by atoms with Crippen molar-refractivity contribution in [3.63, 3.8) is 0 Å². The van der Waals surface area contributed by atoms with Gasteiger partial charge in [0, 0.05) is 23.1 Å². The van der Waals surface area contributed by atoms with Crippen LogP contribution in [0.1, 0.15) is 12.1 Å². The maximum atomic E-state index is 10.6. The minimum Gasteiger partial charge on any atom is -0.497 e. The second-order valence-electron chi connectivity index (χ2n) is 4.01. The molecule has 0 saturated carbocycles. The van der Waals surface area contributed by atoms with Crippen LogP contribution in [0.2, 0.25) is 0 Å². The number of aliphatic carboxylic acids is 1. The van der Waals surface area contributed by atoms with Gasteiger partial charge in [-0.25, -0.2) is 0 Å². The van der Waals surface area contributed by atoms with Crippen molar-refractivity contribution in [1.82, 2.24) is 4.57 Å². The second kappa shape index (κ2) is 5.10. The summed E-state index contributed by atoms with van der Waals surface area (Å²) in [5.41, 5.74) is 1.61. The molecule has 0 saturated heterocycles. The highest BCUT2D eigenvalue weighted by Crippen LogP contribution is 2.25. The van der Waals surface area contributed by atoms with Crippen molar-refractivity contribution >= 4 is 16.9 Å². The summed E-state index contributed by atoms with van der Waals surface area (Å²) >= 11 is 0. The maximum absolute atomic E-state index is 10.6. The Balaban J connectivity index is 2.45. The molecule has 0 aliphatic carbocycles. The van der Waals surface area contributed by atoms with Crippen LogP contribution in [0.15, 0.2) is 24.3 Å². The Hall–Kier alpha value is -2.01. The largest absolute Gasteiger partial charge is 0.497 e. The van der Waals surface area contributed by atoms with Crippen LogP contribution in [0.4, 0.5) is 0 Å². The van der Waals surface area contributed by atoms with Gasteiger partial charge in [-0.05, 0) is 24.3 Å². The minimum atomic E-state index is -0.853. The first kappa shape index (κ1) is 12.4. The van der Waals surface area contributed by atoms with Crippen molar-refractivity contribution in [2.45, 2.75) is 19.6 Å². The Bertz CT molecular complexity index is 574. The molecule has 5 nitrogen and oxygen atoms in total. The SMILES string of the molecule is COc1ccc2c(c1)cc(CO)n2CCC(=O)O. The Morgan fingerprint density at radius 2 is 2.17 bits per heavy atom. The molecule has 1 aromatic carbocycles. The molecular weight excluding hydrogens is 234 g/mol. The van der Waals surface area contributed by atoms with Crippen molar-refractivity contribution in [3.8, 4) is 5.75 Å². The molecule has 96 valence electrons. The predicted octanol–water partition coefficient (Wildman–Crippen LogP) is 1.62. The number of rotatable bonds is 5. The standard InChI is InChI=1S/C13H15NO4/c1-18-11-2-3-12-9(7-11)6-10(8-15)14(12)5-4-13(16)17/h2-3,6-7,15H,4-5,8H2,1H3,(H,16,17). The van der Waals surface area contributed by atoms with Gasteiger partial charge in [-0.2, -0.15) is 0 Å². The van der Waals surface area contributed by atoms with Gasteiger partial charge in [0.25, 0.3) is 0 Å². The molecule has 2 rings (SSSR count). The average molecular weight is 249 g/mol. The van der Waals surface area contributed by atoms with Gasteiger partial charge in [0.15, 0.2) is 0 Å². The number of methoxy groups -OCH3 is 1. The first-order valence-electron chi connectivity index (χ1n) is 5.64.